The highest BCUT2D eigenvalue weighted by molar-refractivity contribution is 5.78. The van der Waals surface area contributed by atoms with Crippen molar-refractivity contribution < 1.29 is 4.79 Å². The van der Waals surface area contributed by atoms with Gasteiger partial charge in [-0.25, -0.2) is 0 Å². The molecule has 11 heavy (non-hydrogen) atoms. The molecule has 0 aromatic heterocycles. The molecular weight excluding hydrogens is 136 g/mol. The molecule has 1 aliphatic carbocycles. The molecule has 1 atom stereocenters. The molecule has 0 amide bonds. The molecule has 0 spiro atoms. The van der Waals surface area contributed by atoms with Crippen LogP contribution in [0.5, 0.6) is 0 Å². The standard InChI is InChI=1S/C10H18O/c1-8(2)9-5-3-4-6-10(11)7-9/h8-9H,3-7H2,1-2H3/t9-/m1/s1. The number of Topliss-reactive ketones (excluding diaryl/α,β-unsaturated/α-hetero) is 1. The zero-order chi connectivity index (χ0) is 8.27. The Morgan fingerprint density at radius 3 is 2.73 bits per heavy atom. The molecule has 0 aromatic carbocycles. The lowest BCUT2D eigenvalue weighted by Gasteiger charge is -2.16. The molecule has 1 saturated carbocycles. The zero-order valence-electron chi connectivity index (χ0n) is 7.60. The van der Waals surface area contributed by atoms with Crippen LogP contribution in [0.15, 0.2) is 0 Å². The highest BCUT2D eigenvalue weighted by atomic mass is 16.1. The van der Waals surface area contributed by atoms with Gasteiger partial charge in [-0.05, 0) is 24.7 Å². The Kier molecular flexibility index (Phi) is 3.10. The second-order valence-electron chi connectivity index (χ2n) is 3.99. The van der Waals surface area contributed by atoms with E-state index in [1.807, 2.05) is 0 Å². The van der Waals surface area contributed by atoms with Gasteiger partial charge < -0.3 is 0 Å². The number of hydrogen-bond acceptors (Lipinski definition) is 1. The average Bonchev–Trinajstić information content (AvgIpc) is 2.13. The SMILES string of the molecule is CC(C)[C@@H]1CCCCC(=O)C1. The van der Waals surface area contributed by atoms with Crippen LogP contribution in [-0.2, 0) is 4.79 Å². The van der Waals surface area contributed by atoms with Crippen LogP contribution in [-0.4, -0.2) is 5.78 Å². The second-order valence-corrected chi connectivity index (χ2v) is 3.99. The summed E-state index contributed by atoms with van der Waals surface area (Å²) >= 11 is 0. The highest BCUT2D eigenvalue weighted by Gasteiger charge is 2.19. The minimum absolute atomic E-state index is 0.487. The Bertz CT molecular complexity index is 138. The first kappa shape index (κ1) is 8.76. The summed E-state index contributed by atoms with van der Waals surface area (Å²) in [7, 11) is 0. The first-order valence-electron chi connectivity index (χ1n) is 4.72. The smallest absolute Gasteiger partial charge is 0.133 e. The summed E-state index contributed by atoms with van der Waals surface area (Å²) in [4.78, 5) is 11.2. The molecule has 0 unspecified atom stereocenters. The van der Waals surface area contributed by atoms with Gasteiger partial charge in [0.05, 0.1) is 0 Å². The maximum Gasteiger partial charge on any atom is 0.133 e. The molecule has 1 nitrogen and oxygen atoms in total. The monoisotopic (exact) mass is 154 g/mol. The molecule has 64 valence electrons. The van der Waals surface area contributed by atoms with Crippen LogP contribution in [0.1, 0.15) is 46.0 Å². The first-order chi connectivity index (χ1) is 5.20. The second kappa shape index (κ2) is 3.89. The molecule has 0 bridgehead atoms. The average molecular weight is 154 g/mol. The van der Waals surface area contributed by atoms with Gasteiger partial charge in [0.2, 0.25) is 0 Å². The fraction of sp³-hybridized carbons (Fsp3) is 0.900. The lowest BCUT2D eigenvalue weighted by molar-refractivity contribution is -0.119. The molecule has 1 aliphatic rings. The van der Waals surface area contributed by atoms with Crippen LogP contribution in [0, 0.1) is 11.8 Å². The van der Waals surface area contributed by atoms with Crippen molar-refractivity contribution in [3.63, 3.8) is 0 Å². The number of rotatable bonds is 1. The minimum Gasteiger partial charge on any atom is -0.300 e. The fourth-order valence-electron chi connectivity index (χ4n) is 1.79. The Morgan fingerprint density at radius 2 is 2.09 bits per heavy atom. The molecule has 0 radical (unpaired) electrons. The van der Waals surface area contributed by atoms with Gasteiger partial charge in [-0.15, -0.1) is 0 Å². The number of carbonyl (C=O) groups is 1. The quantitative estimate of drug-likeness (QED) is 0.531. The highest BCUT2D eigenvalue weighted by Crippen LogP contribution is 2.26. The van der Waals surface area contributed by atoms with E-state index in [4.69, 9.17) is 0 Å². The predicted octanol–water partition coefficient (Wildman–Crippen LogP) is 2.79. The molecule has 0 aromatic rings. The largest absolute Gasteiger partial charge is 0.300 e. The van der Waals surface area contributed by atoms with Crippen LogP contribution in [0.2, 0.25) is 0 Å². The van der Waals surface area contributed by atoms with E-state index >= 15 is 0 Å². The van der Waals surface area contributed by atoms with E-state index in [2.05, 4.69) is 13.8 Å². The summed E-state index contributed by atoms with van der Waals surface area (Å²) in [5.74, 6) is 1.85. The lowest BCUT2D eigenvalue weighted by Crippen LogP contribution is -2.11. The van der Waals surface area contributed by atoms with Gasteiger partial charge in [-0.1, -0.05) is 20.3 Å². The first-order valence-corrected chi connectivity index (χ1v) is 4.72. The van der Waals surface area contributed by atoms with Gasteiger partial charge >= 0.3 is 0 Å². The molecule has 1 rings (SSSR count). The summed E-state index contributed by atoms with van der Waals surface area (Å²) in [6, 6.07) is 0. The number of hydrogen-bond donors (Lipinski definition) is 0. The van der Waals surface area contributed by atoms with E-state index in [0.29, 0.717) is 17.6 Å². The number of ketones is 1. The van der Waals surface area contributed by atoms with E-state index in [0.717, 1.165) is 19.3 Å². The van der Waals surface area contributed by atoms with Crippen molar-refractivity contribution in [2.75, 3.05) is 0 Å². The maximum absolute atomic E-state index is 11.2. The third kappa shape index (κ3) is 2.64. The van der Waals surface area contributed by atoms with Crippen molar-refractivity contribution in [2.24, 2.45) is 11.8 Å². The zero-order valence-corrected chi connectivity index (χ0v) is 7.60. The molecular formula is C10H18O. The molecule has 0 N–H and O–H groups in total. The Hall–Kier alpha value is -0.330. The maximum atomic E-state index is 11.2. The van der Waals surface area contributed by atoms with Crippen LogP contribution in [0.3, 0.4) is 0 Å². The van der Waals surface area contributed by atoms with Crippen LogP contribution in [0.4, 0.5) is 0 Å². The van der Waals surface area contributed by atoms with E-state index in [-0.39, 0.29) is 0 Å². The van der Waals surface area contributed by atoms with Crippen molar-refractivity contribution in [2.45, 2.75) is 46.0 Å². The van der Waals surface area contributed by atoms with Crippen LogP contribution in [0.25, 0.3) is 0 Å². The van der Waals surface area contributed by atoms with Crippen molar-refractivity contribution in [1.82, 2.24) is 0 Å². The van der Waals surface area contributed by atoms with Crippen molar-refractivity contribution in [3.05, 3.63) is 0 Å². The fourth-order valence-corrected chi connectivity index (χ4v) is 1.79. The number of carbonyl (C=O) groups excluding carboxylic acids is 1. The van der Waals surface area contributed by atoms with Gasteiger partial charge in [-0.2, -0.15) is 0 Å². The molecule has 1 fully saturated rings. The van der Waals surface area contributed by atoms with Crippen LogP contribution >= 0.6 is 0 Å². The van der Waals surface area contributed by atoms with Crippen molar-refractivity contribution in [1.29, 1.82) is 0 Å². The van der Waals surface area contributed by atoms with Gasteiger partial charge in [0.15, 0.2) is 0 Å². The summed E-state index contributed by atoms with van der Waals surface area (Å²) in [5.41, 5.74) is 0. The van der Waals surface area contributed by atoms with E-state index in [1.54, 1.807) is 0 Å². The Morgan fingerprint density at radius 1 is 1.36 bits per heavy atom. The summed E-state index contributed by atoms with van der Waals surface area (Å²) < 4.78 is 0. The topological polar surface area (TPSA) is 17.1 Å². The van der Waals surface area contributed by atoms with E-state index < -0.39 is 0 Å². The van der Waals surface area contributed by atoms with Crippen LogP contribution < -0.4 is 0 Å². The third-order valence-electron chi connectivity index (χ3n) is 2.71. The summed E-state index contributed by atoms with van der Waals surface area (Å²) in [6.45, 7) is 4.45. The Labute approximate surface area is 69.2 Å². The van der Waals surface area contributed by atoms with Crippen molar-refractivity contribution in [3.8, 4) is 0 Å². The van der Waals surface area contributed by atoms with Gasteiger partial charge in [0, 0.05) is 12.8 Å². The molecule has 1 heteroatoms. The minimum atomic E-state index is 0.487. The summed E-state index contributed by atoms with van der Waals surface area (Å²) in [6.07, 6.45) is 5.33. The van der Waals surface area contributed by atoms with E-state index in [9.17, 15) is 4.79 Å². The Balaban J connectivity index is 2.45. The predicted molar refractivity (Wildman–Crippen MR) is 46.4 cm³/mol. The van der Waals surface area contributed by atoms with E-state index in [1.165, 1.54) is 12.8 Å². The normalized spacial score (nSPS) is 27.2. The van der Waals surface area contributed by atoms with Gasteiger partial charge in [-0.3, -0.25) is 4.79 Å². The molecule has 0 aliphatic heterocycles. The molecule has 0 saturated heterocycles. The lowest BCUT2D eigenvalue weighted by atomic mass is 9.89. The van der Waals surface area contributed by atoms with Gasteiger partial charge in [0.1, 0.15) is 5.78 Å². The summed E-state index contributed by atoms with van der Waals surface area (Å²) in [5, 5.41) is 0. The van der Waals surface area contributed by atoms with Crippen molar-refractivity contribution >= 4 is 5.78 Å². The molecule has 0 heterocycles. The van der Waals surface area contributed by atoms with Gasteiger partial charge in [0.25, 0.3) is 0 Å². The third-order valence-corrected chi connectivity index (χ3v) is 2.71.